The number of piperidine rings is 1. The first-order chi connectivity index (χ1) is 9.24. The third-order valence-corrected chi connectivity index (χ3v) is 4.55. The summed E-state index contributed by atoms with van der Waals surface area (Å²) >= 11 is 1.70. The molecule has 1 saturated heterocycles. The van der Waals surface area contributed by atoms with E-state index in [1.165, 1.54) is 0 Å². The van der Waals surface area contributed by atoms with E-state index < -0.39 is 0 Å². The number of thiazole rings is 1. The van der Waals surface area contributed by atoms with Crippen LogP contribution in [0.3, 0.4) is 0 Å². The minimum atomic E-state index is 0.0375. The Labute approximate surface area is 115 Å². The van der Waals surface area contributed by atoms with Gasteiger partial charge in [0.25, 0.3) is 5.91 Å². The number of carbonyl (C=O) groups is 1. The summed E-state index contributed by atoms with van der Waals surface area (Å²) in [5, 5.41) is 3.23. The van der Waals surface area contributed by atoms with Crippen LogP contribution in [-0.4, -0.2) is 38.8 Å². The first kappa shape index (κ1) is 12.3. The molecule has 1 aliphatic rings. The zero-order valence-corrected chi connectivity index (χ0v) is 11.6. The van der Waals surface area contributed by atoms with Gasteiger partial charge in [-0.05, 0) is 19.8 Å². The third kappa shape index (κ3) is 2.53. The number of amides is 1. The Morgan fingerprint density at radius 3 is 3.16 bits per heavy atom. The number of hydrogen-bond donors (Lipinski definition) is 1. The topological polar surface area (TPSA) is 61.9 Å². The van der Waals surface area contributed by atoms with E-state index in [1.807, 2.05) is 11.8 Å². The van der Waals surface area contributed by atoms with E-state index in [4.69, 9.17) is 0 Å². The van der Waals surface area contributed by atoms with Crippen LogP contribution in [0.15, 0.2) is 17.9 Å². The Bertz CT molecular complexity index is 563. The SMILES string of the molecule is Cc1csc([C@H]2CCCN(C(=O)c3cnc[nH]3)C2)n1. The maximum absolute atomic E-state index is 12.3. The van der Waals surface area contributed by atoms with Crippen molar-refractivity contribution in [2.24, 2.45) is 0 Å². The quantitative estimate of drug-likeness (QED) is 0.914. The monoisotopic (exact) mass is 276 g/mol. The first-order valence-electron chi connectivity index (χ1n) is 6.43. The van der Waals surface area contributed by atoms with Crippen molar-refractivity contribution in [3.05, 3.63) is 34.3 Å². The Hall–Kier alpha value is -1.69. The second-order valence-corrected chi connectivity index (χ2v) is 5.77. The molecule has 0 saturated carbocycles. The molecule has 100 valence electrons. The maximum atomic E-state index is 12.3. The molecule has 0 aliphatic carbocycles. The molecule has 0 unspecified atom stereocenters. The van der Waals surface area contributed by atoms with Crippen molar-refractivity contribution in [2.75, 3.05) is 13.1 Å². The van der Waals surface area contributed by atoms with Gasteiger partial charge in [0.15, 0.2) is 0 Å². The lowest BCUT2D eigenvalue weighted by Gasteiger charge is -2.31. The number of nitrogens with one attached hydrogen (secondary N) is 1. The summed E-state index contributed by atoms with van der Waals surface area (Å²) in [4.78, 5) is 25.5. The zero-order chi connectivity index (χ0) is 13.2. The normalized spacial score (nSPS) is 19.6. The Kier molecular flexibility index (Phi) is 3.33. The van der Waals surface area contributed by atoms with Crippen LogP contribution < -0.4 is 0 Å². The van der Waals surface area contributed by atoms with Gasteiger partial charge in [-0.2, -0.15) is 0 Å². The lowest BCUT2D eigenvalue weighted by Crippen LogP contribution is -2.39. The van der Waals surface area contributed by atoms with E-state index in [9.17, 15) is 4.79 Å². The molecule has 0 radical (unpaired) electrons. The van der Waals surface area contributed by atoms with Crippen molar-refractivity contribution >= 4 is 17.2 Å². The summed E-state index contributed by atoms with van der Waals surface area (Å²) in [6.45, 7) is 3.58. The number of aromatic amines is 1. The minimum absolute atomic E-state index is 0.0375. The van der Waals surface area contributed by atoms with E-state index in [1.54, 1.807) is 23.9 Å². The molecule has 3 heterocycles. The van der Waals surface area contributed by atoms with Crippen molar-refractivity contribution in [2.45, 2.75) is 25.7 Å². The Balaban J connectivity index is 1.73. The molecule has 19 heavy (non-hydrogen) atoms. The lowest BCUT2D eigenvalue weighted by molar-refractivity contribution is 0.0701. The second-order valence-electron chi connectivity index (χ2n) is 4.88. The summed E-state index contributed by atoms with van der Waals surface area (Å²) in [6, 6.07) is 0. The molecule has 2 aromatic rings. The molecule has 0 bridgehead atoms. The number of aromatic nitrogens is 3. The van der Waals surface area contributed by atoms with Gasteiger partial charge >= 0.3 is 0 Å². The maximum Gasteiger partial charge on any atom is 0.271 e. The van der Waals surface area contributed by atoms with Gasteiger partial charge in [0, 0.05) is 30.1 Å². The fourth-order valence-corrected chi connectivity index (χ4v) is 3.39. The fraction of sp³-hybridized carbons (Fsp3) is 0.462. The predicted octanol–water partition coefficient (Wildman–Crippen LogP) is 2.19. The highest BCUT2D eigenvalue weighted by atomic mass is 32.1. The number of aryl methyl sites for hydroxylation is 1. The molecule has 5 nitrogen and oxygen atoms in total. The van der Waals surface area contributed by atoms with E-state index >= 15 is 0 Å². The molecule has 0 spiro atoms. The van der Waals surface area contributed by atoms with Gasteiger partial charge in [0.1, 0.15) is 5.69 Å². The average molecular weight is 276 g/mol. The lowest BCUT2D eigenvalue weighted by atomic mass is 9.98. The molecule has 1 atom stereocenters. The number of likely N-dealkylation sites (tertiary alicyclic amines) is 1. The molecule has 1 amide bonds. The van der Waals surface area contributed by atoms with Gasteiger partial charge in [0.05, 0.1) is 17.5 Å². The van der Waals surface area contributed by atoms with Gasteiger partial charge < -0.3 is 9.88 Å². The van der Waals surface area contributed by atoms with Crippen LogP contribution >= 0.6 is 11.3 Å². The summed E-state index contributed by atoms with van der Waals surface area (Å²) in [5.41, 5.74) is 1.63. The molecule has 2 aromatic heterocycles. The van der Waals surface area contributed by atoms with E-state index in [2.05, 4.69) is 20.3 Å². The molecule has 0 aromatic carbocycles. The zero-order valence-electron chi connectivity index (χ0n) is 10.8. The van der Waals surface area contributed by atoms with Gasteiger partial charge in [0.2, 0.25) is 0 Å². The number of hydrogen-bond acceptors (Lipinski definition) is 4. The average Bonchev–Trinajstić information content (AvgIpc) is 3.09. The van der Waals surface area contributed by atoms with E-state index in [0.717, 1.165) is 36.6 Å². The van der Waals surface area contributed by atoms with Crippen LogP contribution in [0, 0.1) is 6.92 Å². The number of H-pyrrole nitrogens is 1. The largest absolute Gasteiger partial charge is 0.341 e. The molecule has 1 fully saturated rings. The molecular formula is C13H16N4OS. The van der Waals surface area contributed by atoms with Gasteiger partial charge in [-0.1, -0.05) is 0 Å². The van der Waals surface area contributed by atoms with Crippen molar-refractivity contribution in [3.8, 4) is 0 Å². The minimum Gasteiger partial charge on any atom is -0.341 e. The van der Waals surface area contributed by atoms with E-state index in [0.29, 0.717) is 11.6 Å². The highest BCUT2D eigenvalue weighted by molar-refractivity contribution is 7.09. The van der Waals surface area contributed by atoms with E-state index in [-0.39, 0.29) is 5.91 Å². The van der Waals surface area contributed by atoms with Gasteiger partial charge in [-0.25, -0.2) is 9.97 Å². The van der Waals surface area contributed by atoms with Crippen molar-refractivity contribution in [1.29, 1.82) is 0 Å². The number of imidazole rings is 1. The van der Waals surface area contributed by atoms with Crippen LogP contribution in [0.1, 0.15) is 39.9 Å². The molecule has 1 aliphatic heterocycles. The summed E-state index contributed by atoms with van der Waals surface area (Å²) in [7, 11) is 0. The number of nitrogens with zero attached hydrogens (tertiary/aromatic N) is 3. The van der Waals surface area contributed by atoms with Crippen LogP contribution in [0.25, 0.3) is 0 Å². The van der Waals surface area contributed by atoms with Crippen LogP contribution in [0.4, 0.5) is 0 Å². The predicted molar refractivity (Wildman–Crippen MR) is 73.3 cm³/mol. The summed E-state index contributed by atoms with van der Waals surface area (Å²) < 4.78 is 0. The summed E-state index contributed by atoms with van der Waals surface area (Å²) in [5.74, 6) is 0.412. The highest BCUT2D eigenvalue weighted by Crippen LogP contribution is 2.29. The Morgan fingerprint density at radius 1 is 1.58 bits per heavy atom. The van der Waals surface area contributed by atoms with Crippen LogP contribution in [-0.2, 0) is 0 Å². The second kappa shape index (κ2) is 5.13. The summed E-state index contributed by atoms with van der Waals surface area (Å²) in [6.07, 6.45) is 5.27. The van der Waals surface area contributed by atoms with Crippen molar-refractivity contribution in [3.63, 3.8) is 0 Å². The Morgan fingerprint density at radius 2 is 2.47 bits per heavy atom. The van der Waals surface area contributed by atoms with Gasteiger partial charge in [-0.3, -0.25) is 4.79 Å². The van der Waals surface area contributed by atoms with Crippen molar-refractivity contribution < 1.29 is 4.79 Å². The van der Waals surface area contributed by atoms with Crippen LogP contribution in [0.2, 0.25) is 0 Å². The molecule has 6 heteroatoms. The number of carbonyl (C=O) groups excluding carboxylic acids is 1. The standard InChI is InChI=1S/C13H16N4OS/c1-9-7-19-12(16-9)10-3-2-4-17(6-10)13(18)11-5-14-8-15-11/h5,7-8,10H,2-4,6H2,1H3,(H,14,15)/t10-/m0/s1. The first-order valence-corrected chi connectivity index (χ1v) is 7.31. The smallest absolute Gasteiger partial charge is 0.271 e. The fourth-order valence-electron chi connectivity index (χ4n) is 2.47. The van der Waals surface area contributed by atoms with Crippen molar-refractivity contribution in [1.82, 2.24) is 19.9 Å². The number of rotatable bonds is 2. The van der Waals surface area contributed by atoms with Crippen LogP contribution in [0.5, 0.6) is 0 Å². The molecule has 3 rings (SSSR count). The molecular weight excluding hydrogens is 260 g/mol. The highest BCUT2D eigenvalue weighted by Gasteiger charge is 2.27. The molecule has 1 N–H and O–H groups in total. The third-order valence-electron chi connectivity index (χ3n) is 3.42. The van der Waals surface area contributed by atoms with Gasteiger partial charge in [-0.15, -0.1) is 11.3 Å².